The van der Waals surface area contributed by atoms with E-state index >= 15 is 0 Å². The molecule has 168 valence electrons. The van der Waals surface area contributed by atoms with Gasteiger partial charge in [-0.15, -0.1) is 12.4 Å². The van der Waals surface area contributed by atoms with Gasteiger partial charge in [0.25, 0.3) is 0 Å². The zero-order chi connectivity index (χ0) is 21.6. The summed E-state index contributed by atoms with van der Waals surface area (Å²) in [6.45, 7) is 5.39. The predicted octanol–water partition coefficient (Wildman–Crippen LogP) is 4.90. The number of carbonyl (C=O) groups excluding carboxylic acids is 1. The van der Waals surface area contributed by atoms with Crippen LogP contribution in [-0.2, 0) is 4.79 Å². The minimum absolute atomic E-state index is 0. The van der Waals surface area contributed by atoms with Crippen LogP contribution in [0.3, 0.4) is 0 Å². The highest BCUT2D eigenvalue weighted by Crippen LogP contribution is 2.29. The van der Waals surface area contributed by atoms with E-state index in [2.05, 4.69) is 63.6 Å². The Bertz CT molecular complexity index is 969. The number of amides is 1. The van der Waals surface area contributed by atoms with Crippen molar-refractivity contribution in [2.45, 2.75) is 13.0 Å². The maximum atomic E-state index is 13.7. The summed E-state index contributed by atoms with van der Waals surface area (Å²) in [4.78, 5) is 17.1. The molecule has 0 atom stereocenters. The molecule has 3 aromatic carbocycles. The average molecular weight is 454 g/mol. The van der Waals surface area contributed by atoms with Gasteiger partial charge in [0, 0.05) is 31.9 Å². The second-order valence-electron chi connectivity index (χ2n) is 8.05. The molecular weight excluding hydrogens is 425 g/mol. The van der Waals surface area contributed by atoms with Crippen LogP contribution in [0.1, 0.15) is 22.7 Å². The highest BCUT2D eigenvalue weighted by molar-refractivity contribution is 5.92. The second kappa shape index (κ2) is 11.2. The van der Waals surface area contributed by atoms with Crippen LogP contribution in [0.25, 0.3) is 0 Å². The number of carbonyl (C=O) groups is 1. The molecule has 0 aliphatic carbocycles. The Morgan fingerprint density at radius 2 is 1.47 bits per heavy atom. The summed E-state index contributed by atoms with van der Waals surface area (Å²) in [5.41, 5.74) is 3.63. The van der Waals surface area contributed by atoms with Gasteiger partial charge in [-0.3, -0.25) is 14.6 Å². The molecule has 3 aromatic rings. The Morgan fingerprint density at radius 1 is 0.906 bits per heavy atom. The molecule has 0 unspecified atom stereocenters. The van der Waals surface area contributed by atoms with Gasteiger partial charge < -0.3 is 5.32 Å². The lowest BCUT2D eigenvalue weighted by atomic mass is 9.96. The molecule has 4 rings (SSSR count). The minimum Gasteiger partial charge on any atom is -0.325 e. The summed E-state index contributed by atoms with van der Waals surface area (Å²) in [7, 11) is 0. The van der Waals surface area contributed by atoms with Crippen molar-refractivity contribution in [2.75, 3.05) is 38.0 Å². The molecule has 1 saturated heterocycles. The van der Waals surface area contributed by atoms with E-state index in [-0.39, 0.29) is 30.2 Å². The molecule has 0 aromatic heterocycles. The summed E-state index contributed by atoms with van der Waals surface area (Å²) < 4.78 is 13.7. The van der Waals surface area contributed by atoms with Crippen molar-refractivity contribution >= 4 is 24.0 Å². The smallest absolute Gasteiger partial charge is 0.238 e. The number of piperazine rings is 1. The predicted molar refractivity (Wildman–Crippen MR) is 130 cm³/mol. The maximum absolute atomic E-state index is 13.7. The van der Waals surface area contributed by atoms with Crippen LogP contribution >= 0.6 is 12.4 Å². The van der Waals surface area contributed by atoms with Gasteiger partial charge in [-0.2, -0.15) is 0 Å². The fourth-order valence-electron chi connectivity index (χ4n) is 4.14. The highest BCUT2D eigenvalue weighted by Gasteiger charge is 2.27. The molecule has 1 N–H and O–H groups in total. The molecule has 1 aliphatic rings. The number of anilines is 1. The average Bonchev–Trinajstić information content (AvgIpc) is 2.79. The molecule has 1 aliphatic heterocycles. The minimum atomic E-state index is -0.306. The summed E-state index contributed by atoms with van der Waals surface area (Å²) in [6, 6.07) is 26.1. The summed E-state index contributed by atoms with van der Waals surface area (Å²) in [5, 5.41) is 2.81. The van der Waals surface area contributed by atoms with E-state index < -0.39 is 0 Å². The fraction of sp³-hybridized carbons (Fsp3) is 0.269. The lowest BCUT2D eigenvalue weighted by Crippen LogP contribution is -2.49. The Kier molecular flexibility index (Phi) is 8.39. The molecule has 4 nitrogen and oxygen atoms in total. The number of aryl methyl sites for hydroxylation is 1. The van der Waals surface area contributed by atoms with E-state index in [0.29, 0.717) is 17.8 Å². The fourth-order valence-corrected chi connectivity index (χ4v) is 4.14. The zero-order valence-corrected chi connectivity index (χ0v) is 19.0. The number of benzene rings is 3. The summed E-state index contributed by atoms with van der Waals surface area (Å²) >= 11 is 0. The molecule has 1 amide bonds. The van der Waals surface area contributed by atoms with E-state index in [1.54, 1.807) is 19.1 Å². The number of halogens is 2. The highest BCUT2D eigenvalue weighted by atomic mass is 35.5. The Labute approximate surface area is 195 Å². The number of nitrogens with one attached hydrogen (secondary N) is 1. The first-order valence-corrected chi connectivity index (χ1v) is 10.7. The lowest BCUT2D eigenvalue weighted by Gasteiger charge is -2.39. The van der Waals surface area contributed by atoms with E-state index in [0.717, 1.165) is 26.2 Å². The first-order chi connectivity index (χ1) is 15.1. The van der Waals surface area contributed by atoms with Crippen molar-refractivity contribution in [3.05, 3.63) is 101 Å². The number of hydrogen-bond acceptors (Lipinski definition) is 3. The quantitative estimate of drug-likeness (QED) is 0.576. The molecular formula is C26H29ClFN3O. The summed E-state index contributed by atoms with van der Waals surface area (Å²) in [6.07, 6.45) is 0. The third-order valence-electron chi connectivity index (χ3n) is 5.83. The molecule has 0 bridgehead atoms. The van der Waals surface area contributed by atoms with Gasteiger partial charge in [0.15, 0.2) is 0 Å². The van der Waals surface area contributed by atoms with Crippen molar-refractivity contribution in [3.63, 3.8) is 0 Å². The molecule has 1 heterocycles. The topological polar surface area (TPSA) is 35.6 Å². The molecule has 0 saturated carbocycles. The number of rotatable bonds is 6. The Morgan fingerprint density at radius 3 is 2.00 bits per heavy atom. The van der Waals surface area contributed by atoms with Gasteiger partial charge in [0.2, 0.25) is 5.91 Å². The van der Waals surface area contributed by atoms with Crippen LogP contribution in [0, 0.1) is 12.7 Å². The van der Waals surface area contributed by atoms with Crippen LogP contribution < -0.4 is 5.32 Å². The van der Waals surface area contributed by atoms with Crippen LogP contribution in [0.5, 0.6) is 0 Å². The first-order valence-electron chi connectivity index (χ1n) is 10.7. The van der Waals surface area contributed by atoms with Gasteiger partial charge in [0.1, 0.15) is 5.82 Å². The molecule has 0 spiro atoms. The normalized spacial score (nSPS) is 14.7. The Balaban J connectivity index is 0.00000289. The van der Waals surface area contributed by atoms with Crippen LogP contribution in [0.4, 0.5) is 10.1 Å². The monoisotopic (exact) mass is 453 g/mol. The maximum Gasteiger partial charge on any atom is 0.238 e. The van der Waals surface area contributed by atoms with Gasteiger partial charge in [-0.25, -0.2) is 4.39 Å². The van der Waals surface area contributed by atoms with Crippen molar-refractivity contribution in [1.29, 1.82) is 0 Å². The van der Waals surface area contributed by atoms with Gasteiger partial charge in [0.05, 0.1) is 12.6 Å². The standard InChI is InChI=1S/C26H28FN3O.ClH/c1-20-12-13-23(18-24(20)27)28-25(31)19-29-14-16-30(17-15-29)26(21-8-4-2-5-9-21)22-10-6-3-7-11-22;/h2-13,18,26H,14-17,19H2,1H3,(H,28,31);1H. The van der Waals surface area contributed by atoms with Crippen LogP contribution in [0.2, 0.25) is 0 Å². The van der Waals surface area contributed by atoms with E-state index in [1.165, 1.54) is 17.2 Å². The van der Waals surface area contributed by atoms with Crippen molar-refractivity contribution in [1.82, 2.24) is 9.80 Å². The SMILES string of the molecule is Cc1ccc(NC(=O)CN2CCN(C(c3ccccc3)c3ccccc3)CC2)cc1F.Cl. The van der Waals surface area contributed by atoms with E-state index in [9.17, 15) is 9.18 Å². The van der Waals surface area contributed by atoms with Gasteiger partial charge >= 0.3 is 0 Å². The van der Waals surface area contributed by atoms with E-state index in [1.807, 2.05) is 12.1 Å². The number of hydrogen-bond donors (Lipinski definition) is 1. The molecule has 1 fully saturated rings. The third kappa shape index (κ3) is 5.94. The van der Waals surface area contributed by atoms with Crippen LogP contribution in [-0.4, -0.2) is 48.4 Å². The van der Waals surface area contributed by atoms with Gasteiger partial charge in [-0.1, -0.05) is 66.7 Å². The zero-order valence-electron chi connectivity index (χ0n) is 18.2. The largest absolute Gasteiger partial charge is 0.325 e. The third-order valence-corrected chi connectivity index (χ3v) is 5.83. The van der Waals surface area contributed by atoms with Crippen molar-refractivity contribution < 1.29 is 9.18 Å². The van der Waals surface area contributed by atoms with Gasteiger partial charge in [-0.05, 0) is 35.7 Å². The second-order valence-corrected chi connectivity index (χ2v) is 8.05. The van der Waals surface area contributed by atoms with Crippen molar-refractivity contribution in [3.8, 4) is 0 Å². The Hall–Kier alpha value is -2.73. The molecule has 6 heteroatoms. The van der Waals surface area contributed by atoms with Crippen molar-refractivity contribution in [2.24, 2.45) is 0 Å². The molecule has 0 radical (unpaired) electrons. The van der Waals surface area contributed by atoms with Crippen LogP contribution in [0.15, 0.2) is 78.9 Å². The first kappa shape index (κ1) is 23.9. The van der Waals surface area contributed by atoms with E-state index in [4.69, 9.17) is 0 Å². The number of nitrogens with zero attached hydrogens (tertiary/aromatic N) is 2. The molecule has 32 heavy (non-hydrogen) atoms. The summed E-state index contributed by atoms with van der Waals surface area (Å²) in [5.74, 6) is -0.418. The lowest BCUT2D eigenvalue weighted by molar-refractivity contribution is -0.117.